The minimum atomic E-state index is -1.25. The Morgan fingerprint density at radius 2 is 1.33 bits per heavy atom. The van der Waals surface area contributed by atoms with E-state index in [0.717, 1.165) is 6.92 Å². The first-order chi connectivity index (χ1) is 12.5. The summed E-state index contributed by atoms with van der Waals surface area (Å²) in [7, 11) is 0. The second-order valence-corrected chi connectivity index (χ2v) is 7.31. The monoisotopic (exact) mass is 449 g/mol. The molecule has 0 bridgehead atoms. The Balaban J connectivity index is 2.44. The van der Waals surface area contributed by atoms with Gasteiger partial charge in [-0.3, -0.25) is 24.0 Å². The number of amides is 1. The second kappa shape index (κ2) is 8.24. The van der Waals surface area contributed by atoms with Crippen molar-refractivity contribution in [3.05, 3.63) is 0 Å². The molecule has 2 fully saturated rings. The van der Waals surface area contributed by atoms with Crippen LogP contribution in [0.5, 0.6) is 0 Å². The number of halogens is 1. The Labute approximate surface area is 163 Å². The Morgan fingerprint density at radius 1 is 0.852 bits per heavy atom. The number of ether oxygens (including phenoxy) is 4. The number of esters is 4. The molecule has 5 unspecified atom stereocenters. The Morgan fingerprint density at radius 3 is 1.81 bits per heavy atom. The Bertz CT molecular complexity index is 666. The highest BCUT2D eigenvalue weighted by Gasteiger charge is 2.61. The molecule has 0 radical (unpaired) electrons. The van der Waals surface area contributed by atoms with Crippen molar-refractivity contribution in [1.82, 2.24) is 4.90 Å². The predicted molar refractivity (Wildman–Crippen MR) is 90.4 cm³/mol. The number of carbonyl (C=O) groups excluding carboxylic acids is 5. The third-order valence-corrected chi connectivity index (χ3v) is 5.12. The van der Waals surface area contributed by atoms with Crippen molar-refractivity contribution in [3.63, 3.8) is 0 Å². The van der Waals surface area contributed by atoms with E-state index >= 15 is 0 Å². The summed E-state index contributed by atoms with van der Waals surface area (Å²) in [6.07, 6.45) is -4.25. The summed E-state index contributed by atoms with van der Waals surface area (Å²) in [6.45, 7) is 4.58. The summed E-state index contributed by atoms with van der Waals surface area (Å²) in [5, 5.41) is 0. The Kier molecular flexibility index (Phi) is 6.45. The SMILES string of the molecule is CC(=O)OC1C(=O)N2CC(OC(C)=O)[C@@H](OC(C)=O)C2C(OC(C)=O)C1Br. The molecule has 0 aromatic heterocycles. The van der Waals surface area contributed by atoms with Crippen molar-refractivity contribution in [3.8, 4) is 0 Å². The number of hydrogen-bond acceptors (Lipinski definition) is 9. The lowest BCUT2D eigenvalue weighted by Gasteiger charge is -2.43. The van der Waals surface area contributed by atoms with Crippen LogP contribution in [0.1, 0.15) is 27.7 Å². The summed E-state index contributed by atoms with van der Waals surface area (Å²) < 4.78 is 20.9. The van der Waals surface area contributed by atoms with Gasteiger partial charge in [-0.15, -0.1) is 0 Å². The van der Waals surface area contributed by atoms with Crippen molar-refractivity contribution < 1.29 is 42.9 Å². The smallest absolute Gasteiger partial charge is 0.303 e. The Hall–Kier alpha value is -2.17. The lowest BCUT2D eigenvalue weighted by Crippen LogP contribution is -2.64. The molecule has 0 saturated carbocycles. The molecular weight excluding hydrogens is 430 g/mol. The zero-order valence-corrected chi connectivity index (χ0v) is 16.8. The van der Waals surface area contributed by atoms with Gasteiger partial charge in [-0.25, -0.2) is 0 Å². The van der Waals surface area contributed by atoms with Crippen molar-refractivity contribution in [2.24, 2.45) is 0 Å². The number of nitrogens with zero attached hydrogens (tertiary/aromatic N) is 1. The van der Waals surface area contributed by atoms with E-state index in [1.54, 1.807) is 0 Å². The van der Waals surface area contributed by atoms with Gasteiger partial charge in [0.1, 0.15) is 12.1 Å². The molecule has 2 heterocycles. The molecule has 0 aliphatic carbocycles. The molecule has 27 heavy (non-hydrogen) atoms. The van der Waals surface area contributed by atoms with Crippen LogP contribution in [-0.4, -0.2) is 76.5 Å². The third-order valence-electron chi connectivity index (χ3n) is 4.12. The number of piperidine rings is 1. The molecule has 150 valence electrons. The quantitative estimate of drug-likeness (QED) is 0.323. The van der Waals surface area contributed by atoms with E-state index in [1.807, 2.05) is 0 Å². The summed E-state index contributed by atoms with van der Waals surface area (Å²) in [6, 6.07) is -0.911. The topological polar surface area (TPSA) is 126 Å². The fourth-order valence-corrected chi connectivity index (χ4v) is 4.11. The van der Waals surface area contributed by atoms with Crippen molar-refractivity contribution in [2.75, 3.05) is 6.54 Å². The highest BCUT2D eigenvalue weighted by molar-refractivity contribution is 9.09. The van der Waals surface area contributed by atoms with Crippen LogP contribution in [-0.2, 0) is 42.9 Å². The number of carbonyl (C=O) groups is 5. The first-order valence-electron chi connectivity index (χ1n) is 8.16. The van der Waals surface area contributed by atoms with Crippen molar-refractivity contribution >= 4 is 45.7 Å². The van der Waals surface area contributed by atoms with Gasteiger partial charge in [0.05, 0.1) is 11.4 Å². The van der Waals surface area contributed by atoms with Gasteiger partial charge in [-0.1, -0.05) is 15.9 Å². The number of hydrogen-bond donors (Lipinski definition) is 0. The van der Waals surface area contributed by atoms with Gasteiger partial charge in [0, 0.05) is 27.7 Å². The summed E-state index contributed by atoms with van der Waals surface area (Å²) >= 11 is 3.27. The average molecular weight is 450 g/mol. The minimum Gasteiger partial charge on any atom is -0.459 e. The zero-order chi connectivity index (χ0) is 20.5. The molecule has 0 spiro atoms. The summed E-state index contributed by atoms with van der Waals surface area (Å²) in [5.41, 5.74) is 0. The lowest BCUT2D eigenvalue weighted by molar-refractivity contribution is -0.180. The molecule has 0 N–H and O–H groups in total. The highest BCUT2D eigenvalue weighted by Crippen LogP contribution is 2.38. The molecule has 6 atom stereocenters. The van der Waals surface area contributed by atoms with Crippen LogP contribution < -0.4 is 0 Å². The number of rotatable bonds is 4. The van der Waals surface area contributed by atoms with E-state index in [2.05, 4.69) is 15.9 Å². The van der Waals surface area contributed by atoms with Crippen LogP contribution in [0.3, 0.4) is 0 Å². The van der Waals surface area contributed by atoms with Crippen LogP contribution in [0.15, 0.2) is 0 Å². The third kappa shape index (κ3) is 4.57. The van der Waals surface area contributed by atoms with Crippen LogP contribution >= 0.6 is 15.9 Å². The first-order valence-corrected chi connectivity index (χ1v) is 9.08. The molecule has 0 aromatic carbocycles. The van der Waals surface area contributed by atoms with Crippen LogP contribution in [0.2, 0.25) is 0 Å². The predicted octanol–water partition coefficient (Wildman–Crippen LogP) is -0.299. The molecular formula is C16H20BrNO9. The van der Waals surface area contributed by atoms with Gasteiger partial charge >= 0.3 is 23.9 Å². The fraction of sp³-hybridized carbons (Fsp3) is 0.688. The molecule has 10 nitrogen and oxygen atoms in total. The van der Waals surface area contributed by atoms with Crippen molar-refractivity contribution in [1.29, 1.82) is 0 Å². The van der Waals surface area contributed by atoms with Crippen LogP contribution in [0.4, 0.5) is 0 Å². The van der Waals surface area contributed by atoms with E-state index < -0.39 is 65.1 Å². The van der Waals surface area contributed by atoms with Gasteiger partial charge in [0.2, 0.25) is 0 Å². The minimum absolute atomic E-state index is 0.101. The van der Waals surface area contributed by atoms with Gasteiger partial charge < -0.3 is 23.8 Å². The molecule has 2 saturated heterocycles. The molecule has 0 aromatic rings. The van der Waals surface area contributed by atoms with Crippen LogP contribution in [0.25, 0.3) is 0 Å². The second-order valence-electron chi connectivity index (χ2n) is 6.25. The molecule has 2 rings (SSSR count). The zero-order valence-electron chi connectivity index (χ0n) is 15.2. The fourth-order valence-electron chi connectivity index (χ4n) is 3.35. The molecule has 1 amide bonds. The first kappa shape index (κ1) is 21.1. The van der Waals surface area contributed by atoms with E-state index in [1.165, 1.54) is 25.7 Å². The van der Waals surface area contributed by atoms with Gasteiger partial charge in [-0.05, 0) is 0 Å². The van der Waals surface area contributed by atoms with Gasteiger partial charge in [0.15, 0.2) is 18.3 Å². The van der Waals surface area contributed by atoms with Crippen LogP contribution in [0, 0.1) is 0 Å². The maximum atomic E-state index is 12.8. The van der Waals surface area contributed by atoms with Gasteiger partial charge in [-0.2, -0.15) is 0 Å². The van der Waals surface area contributed by atoms with Gasteiger partial charge in [0.25, 0.3) is 5.91 Å². The van der Waals surface area contributed by atoms with Crippen molar-refractivity contribution in [2.45, 2.75) is 63.0 Å². The molecule has 2 aliphatic rings. The molecule has 2 aliphatic heterocycles. The summed E-state index contributed by atoms with van der Waals surface area (Å²) in [5.74, 6) is -3.18. The standard InChI is InChI=1S/C16H20BrNO9/c1-6(19)24-10-5-18-12(13(10)25-7(2)20)14(26-8(3)21)11(17)15(16(18)23)27-9(4)22/h10-15H,5H2,1-4H3/t10?,11?,12?,13-,14?,15?/m1/s1. The summed E-state index contributed by atoms with van der Waals surface area (Å²) in [4.78, 5) is 59.2. The number of fused-ring (bicyclic) bond motifs is 1. The van der Waals surface area contributed by atoms with E-state index in [9.17, 15) is 24.0 Å². The lowest BCUT2D eigenvalue weighted by atomic mass is 9.94. The number of alkyl halides is 1. The van der Waals surface area contributed by atoms with E-state index in [-0.39, 0.29) is 6.54 Å². The maximum absolute atomic E-state index is 12.8. The normalized spacial score (nSPS) is 32.3. The maximum Gasteiger partial charge on any atom is 0.303 e. The molecule has 11 heteroatoms. The average Bonchev–Trinajstić information content (AvgIpc) is 2.85. The largest absolute Gasteiger partial charge is 0.459 e. The van der Waals surface area contributed by atoms with E-state index in [4.69, 9.17) is 18.9 Å². The van der Waals surface area contributed by atoms with E-state index in [0.29, 0.717) is 0 Å². The highest BCUT2D eigenvalue weighted by atomic mass is 79.9.